The van der Waals surface area contributed by atoms with E-state index in [9.17, 15) is 5.11 Å². The average molecular weight is 214 g/mol. The van der Waals surface area contributed by atoms with Gasteiger partial charge in [-0.1, -0.05) is 30.3 Å². The lowest BCUT2D eigenvalue weighted by atomic mass is 10.0. The lowest BCUT2D eigenvalue weighted by molar-refractivity contribution is 0.472. The molecule has 0 spiro atoms. The number of hydrogen-bond acceptors (Lipinski definition) is 2. The molecule has 2 heteroatoms. The van der Waals surface area contributed by atoms with Crippen LogP contribution in [0.2, 0.25) is 0 Å². The molecule has 0 fully saturated rings. The molecule has 1 aromatic carbocycles. The molecule has 0 atom stereocenters. The van der Waals surface area contributed by atoms with Crippen molar-refractivity contribution in [2.24, 2.45) is 0 Å². The molecule has 0 aliphatic carbocycles. The molecule has 1 aromatic heterocycles. The molecule has 1 N–H and O–H groups in total. The molecule has 0 unspecified atom stereocenters. The topological polar surface area (TPSA) is 33.4 Å². The van der Waals surface area contributed by atoms with Crippen LogP contribution in [0.25, 0.3) is 5.57 Å². The van der Waals surface area contributed by atoms with Gasteiger partial charge in [0.25, 0.3) is 0 Å². The Bertz CT molecular complexity index is 441. The van der Waals surface area contributed by atoms with Crippen LogP contribution >= 0.6 is 0 Å². The van der Waals surface area contributed by atoms with E-state index in [4.69, 9.17) is 4.42 Å². The van der Waals surface area contributed by atoms with Gasteiger partial charge in [-0.25, -0.2) is 0 Å². The van der Waals surface area contributed by atoms with Gasteiger partial charge in [0.15, 0.2) is 0 Å². The van der Waals surface area contributed by atoms with E-state index in [2.05, 4.69) is 0 Å². The largest absolute Gasteiger partial charge is 0.515 e. The lowest BCUT2D eigenvalue weighted by Gasteiger charge is -2.04. The van der Waals surface area contributed by atoms with E-state index >= 15 is 0 Å². The Hall–Kier alpha value is -1.96. The molecule has 0 radical (unpaired) electrons. The predicted molar refractivity (Wildman–Crippen MR) is 64.1 cm³/mol. The quantitative estimate of drug-likeness (QED) is 0.785. The van der Waals surface area contributed by atoms with Crippen LogP contribution in [-0.4, -0.2) is 5.11 Å². The molecule has 2 nitrogen and oxygen atoms in total. The highest BCUT2D eigenvalue weighted by molar-refractivity contribution is 5.64. The Balaban J connectivity index is 2.03. The first-order chi connectivity index (χ1) is 7.90. The second-order valence-electron chi connectivity index (χ2n) is 3.60. The van der Waals surface area contributed by atoms with Crippen LogP contribution in [0.1, 0.15) is 17.7 Å². The number of aryl methyl sites for hydroxylation is 1. The second-order valence-corrected chi connectivity index (χ2v) is 3.60. The fourth-order valence-electron chi connectivity index (χ4n) is 1.65. The highest BCUT2D eigenvalue weighted by Crippen LogP contribution is 2.19. The minimum Gasteiger partial charge on any atom is -0.515 e. The summed E-state index contributed by atoms with van der Waals surface area (Å²) in [5.41, 5.74) is 1.98. The Morgan fingerprint density at radius 2 is 1.94 bits per heavy atom. The molecule has 0 saturated carbocycles. The van der Waals surface area contributed by atoms with Crippen molar-refractivity contribution < 1.29 is 9.52 Å². The summed E-state index contributed by atoms with van der Waals surface area (Å²) in [4.78, 5) is 0. The predicted octanol–water partition coefficient (Wildman–Crippen LogP) is 3.81. The summed E-state index contributed by atoms with van der Waals surface area (Å²) in [6.07, 6.45) is 4.42. The van der Waals surface area contributed by atoms with Gasteiger partial charge in [0.1, 0.15) is 5.76 Å². The van der Waals surface area contributed by atoms with E-state index in [1.54, 1.807) is 6.26 Å². The van der Waals surface area contributed by atoms with Crippen molar-refractivity contribution in [2.45, 2.75) is 12.8 Å². The second kappa shape index (κ2) is 5.21. The Morgan fingerprint density at radius 1 is 1.12 bits per heavy atom. The van der Waals surface area contributed by atoms with Crippen molar-refractivity contribution >= 4 is 5.57 Å². The number of furan rings is 1. The van der Waals surface area contributed by atoms with Gasteiger partial charge in [0.05, 0.1) is 12.5 Å². The maximum atomic E-state index is 9.22. The highest BCUT2D eigenvalue weighted by Gasteiger charge is 2.03. The van der Waals surface area contributed by atoms with Crippen molar-refractivity contribution in [1.29, 1.82) is 0 Å². The van der Waals surface area contributed by atoms with Crippen molar-refractivity contribution in [3.05, 3.63) is 66.3 Å². The highest BCUT2D eigenvalue weighted by atomic mass is 16.3. The fraction of sp³-hybridized carbons (Fsp3) is 0.143. The monoisotopic (exact) mass is 214 g/mol. The molecular formula is C14H14O2. The number of aliphatic hydroxyl groups excluding tert-OH is 1. The SMILES string of the molecule is O/C=C(\CCc1ccco1)c1ccccc1. The number of aliphatic hydroxyl groups is 1. The van der Waals surface area contributed by atoms with Gasteiger partial charge in [-0.3, -0.25) is 0 Å². The smallest absolute Gasteiger partial charge is 0.104 e. The zero-order valence-electron chi connectivity index (χ0n) is 8.97. The van der Waals surface area contributed by atoms with Gasteiger partial charge in [-0.15, -0.1) is 0 Å². The minimum absolute atomic E-state index is 0.772. The van der Waals surface area contributed by atoms with Crippen LogP contribution in [0.3, 0.4) is 0 Å². The van der Waals surface area contributed by atoms with Crippen LogP contribution in [0.15, 0.2) is 59.4 Å². The normalized spacial score (nSPS) is 11.6. The summed E-state index contributed by atoms with van der Waals surface area (Å²) in [5, 5.41) is 9.22. The molecule has 16 heavy (non-hydrogen) atoms. The number of rotatable bonds is 4. The van der Waals surface area contributed by atoms with Crippen molar-refractivity contribution in [3.8, 4) is 0 Å². The van der Waals surface area contributed by atoms with Crippen molar-refractivity contribution in [1.82, 2.24) is 0 Å². The molecule has 1 heterocycles. The van der Waals surface area contributed by atoms with Crippen LogP contribution < -0.4 is 0 Å². The van der Waals surface area contributed by atoms with E-state index < -0.39 is 0 Å². The van der Waals surface area contributed by atoms with Crippen LogP contribution in [0, 0.1) is 0 Å². The first kappa shape index (κ1) is 10.6. The van der Waals surface area contributed by atoms with Gasteiger partial charge in [0.2, 0.25) is 0 Å². The number of allylic oxidation sites excluding steroid dienone is 1. The van der Waals surface area contributed by atoms with Crippen LogP contribution in [0.5, 0.6) is 0 Å². The molecule has 0 saturated heterocycles. The summed E-state index contributed by atoms with van der Waals surface area (Å²) < 4.78 is 5.26. The maximum absolute atomic E-state index is 9.22. The third-order valence-electron chi connectivity index (χ3n) is 2.52. The molecule has 0 bridgehead atoms. The Morgan fingerprint density at radius 3 is 2.56 bits per heavy atom. The third-order valence-corrected chi connectivity index (χ3v) is 2.52. The van der Waals surface area contributed by atoms with Gasteiger partial charge in [-0.05, 0) is 29.7 Å². The van der Waals surface area contributed by atoms with E-state index in [0.29, 0.717) is 0 Å². The number of benzene rings is 1. The Labute approximate surface area is 94.8 Å². The van der Waals surface area contributed by atoms with E-state index in [1.807, 2.05) is 42.5 Å². The zero-order valence-corrected chi connectivity index (χ0v) is 8.97. The molecule has 0 aliphatic heterocycles. The summed E-state index contributed by atoms with van der Waals surface area (Å²) in [5.74, 6) is 0.940. The Kier molecular flexibility index (Phi) is 3.44. The molecule has 0 amide bonds. The lowest BCUT2D eigenvalue weighted by Crippen LogP contribution is -1.88. The van der Waals surface area contributed by atoms with E-state index in [1.165, 1.54) is 6.26 Å². The molecular weight excluding hydrogens is 200 g/mol. The summed E-state index contributed by atoms with van der Waals surface area (Å²) in [6.45, 7) is 0. The molecule has 2 rings (SSSR count). The maximum Gasteiger partial charge on any atom is 0.104 e. The first-order valence-electron chi connectivity index (χ1n) is 5.31. The van der Waals surface area contributed by atoms with Crippen LogP contribution in [0.4, 0.5) is 0 Å². The average Bonchev–Trinajstić information content (AvgIpc) is 2.84. The van der Waals surface area contributed by atoms with E-state index in [0.717, 1.165) is 29.7 Å². The van der Waals surface area contributed by atoms with Crippen molar-refractivity contribution in [2.75, 3.05) is 0 Å². The third kappa shape index (κ3) is 2.54. The fourth-order valence-corrected chi connectivity index (χ4v) is 1.65. The van der Waals surface area contributed by atoms with Gasteiger partial charge in [-0.2, -0.15) is 0 Å². The van der Waals surface area contributed by atoms with Crippen LogP contribution in [-0.2, 0) is 6.42 Å². The van der Waals surface area contributed by atoms with Gasteiger partial charge in [0, 0.05) is 6.42 Å². The molecule has 82 valence electrons. The van der Waals surface area contributed by atoms with Gasteiger partial charge < -0.3 is 9.52 Å². The summed E-state index contributed by atoms with van der Waals surface area (Å²) in [7, 11) is 0. The summed E-state index contributed by atoms with van der Waals surface area (Å²) >= 11 is 0. The van der Waals surface area contributed by atoms with Crippen molar-refractivity contribution in [3.63, 3.8) is 0 Å². The van der Waals surface area contributed by atoms with Gasteiger partial charge >= 0.3 is 0 Å². The van der Waals surface area contributed by atoms with E-state index in [-0.39, 0.29) is 0 Å². The minimum atomic E-state index is 0.772. The standard InChI is InChI=1S/C14H14O2/c15-11-13(12-5-2-1-3-6-12)8-9-14-7-4-10-16-14/h1-7,10-11,15H,8-9H2/b13-11+. The molecule has 0 aliphatic rings. The first-order valence-corrected chi connectivity index (χ1v) is 5.31. The summed E-state index contributed by atoms with van der Waals surface area (Å²) in [6, 6.07) is 13.7. The number of hydrogen-bond donors (Lipinski definition) is 1. The molecule has 2 aromatic rings. The zero-order chi connectivity index (χ0) is 11.2.